The molecule has 4 aromatic rings. The average Bonchev–Trinajstić information content (AvgIpc) is 3.23. The number of pyridine rings is 2. The number of rotatable bonds is 6. The average molecular weight is 460 g/mol. The predicted octanol–water partition coefficient (Wildman–Crippen LogP) is 3.19. The Bertz CT molecular complexity index is 1490. The maximum Gasteiger partial charge on any atom is 0.238 e. The van der Waals surface area contributed by atoms with Crippen molar-refractivity contribution in [2.24, 2.45) is 4.99 Å². The lowest BCUT2D eigenvalue weighted by Gasteiger charge is -2.12. The van der Waals surface area contributed by atoms with Crippen LogP contribution in [-0.2, 0) is 16.6 Å². The molecule has 0 unspecified atom stereocenters. The lowest BCUT2D eigenvalue weighted by atomic mass is 10.2. The summed E-state index contributed by atoms with van der Waals surface area (Å²) in [6.07, 6.45) is 7.54. The molecule has 9 nitrogen and oxygen atoms in total. The number of nitrogen functional groups attached to an aromatic ring is 1. The SMILES string of the molecule is Nc1ncccc1-c1nc2cccnc2n1-c1ccc(CNS(=O)(=O)C2=CN=CCC2)cc1. The zero-order valence-corrected chi connectivity index (χ0v) is 18.4. The first-order valence-electron chi connectivity index (χ1n) is 10.4. The smallest absolute Gasteiger partial charge is 0.238 e. The van der Waals surface area contributed by atoms with Gasteiger partial charge < -0.3 is 5.73 Å². The molecule has 1 aliphatic rings. The van der Waals surface area contributed by atoms with Gasteiger partial charge in [0.05, 0.1) is 10.5 Å². The van der Waals surface area contributed by atoms with E-state index in [9.17, 15) is 8.42 Å². The van der Waals surface area contributed by atoms with E-state index in [1.54, 1.807) is 18.6 Å². The number of fused-ring (bicyclic) bond motifs is 1. The Kier molecular flexibility index (Phi) is 5.45. The molecule has 1 aliphatic heterocycles. The topological polar surface area (TPSA) is 128 Å². The molecule has 0 bridgehead atoms. The Labute approximate surface area is 190 Å². The molecule has 1 aromatic carbocycles. The number of sulfonamides is 1. The third kappa shape index (κ3) is 4.13. The van der Waals surface area contributed by atoms with E-state index in [0.717, 1.165) is 16.8 Å². The molecule has 10 heteroatoms. The van der Waals surface area contributed by atoms with Gasteiger partial charge in [0.25, 0.3) is 0 Å². The molecular formula is C23H21N7O2S. The third-order valence-electron chi connectivity index (χ3n) is 5.35. The van der Waals surface area contributed by atoms with E-state index in [1.807, 2.05) is 53.1 Å². The molecule has 0 aliphatic carbocycles. The monoisotopic (exact) mass is 459 g/mol. The Morgan fingerprint density at radius 2 is 1.82 bits per heavy atom. The van der Waals surface area contributed by atoms with Crippen LogP contribution in [-0.4, -0.2) is 34.2 Å². The minimum Gasteiger partial charge on any atom is -0.383 e. The highest BCUT2D eigenvalue weighted by Crippen LogP contribution is 2.30. The van der Waals surface area contributed by atoms with Gasteiger partial charge in [-0.25, -0.2) is 28.1 Å². The summed E-state index contributed by atoms with van der Waals surface area (Å²) in [6, 6.07) is 14.9. The van der Waals surface area contributed by atoms with Crippen LogP contribution in [0.1, 0.15) is 18.4 Å². The maximum absolute atomic E-state index is 12.5. The fraction of sp³-hybridized carbons (Fsp3) is 0.130. The largest absolute Gasteiger partial charge is 0.383 e. The first-order chi connectivity index (χ1) is 16.0. The molecule has 3 aromatic heterocycles. The van der Waals surface area contributed by atoms with E-state index in [0.29, 0.717) is 40.6 Å². The first-order valence-corrected chi connectivity index (χ1v) is 11.9. The third-order valence-corrected chi connectivity index (χ3v) is 6.87. The van der Waals surface area contributed by atoms with E-state index < -0.39 is 10.0 Å². The summed E-state index contributed by atoms with van der Waals surface area (Å²) in [6.45, 7) is 0.176. The molecule has 166 valence electrons. The Balaban J connectivity index is 1.47. The highest BCUT2D eigenvalue weighted by atomic mass is 32.2. The number of nitrogens with one attached hydrogen (secondary N) is 1. The van der Waals surface area contributed by atoms with Gasteiger partial charge in [-0.1, -0.05) is 12.1 Å². The van der Waals surface area contributed by atoms with Gasteiger partial charge in [-0.2, -0.15) is 0 Å². The fourth-order valence-electron chi connectivity index (χ4n) is 3.66. The first kappa shape index (κ1) is 21.0. The number of nitrogens with zero attached hydrogens (tertiary/aromatic N) is 5. The second-order valence-electron chi connectivity index (χ2n) is 7.51. The minimum absolute atomic E-state index is 0.176. The van der Waals surface area contributed by atoms with Crippen molar-refractivity contribution >= 4 is 33.2 Å². The molecule has 0 spiro atoms. The summed E-state index contributed by atoms with van der Waals surface area (Å²) in [5, 5.41) is 0. The fourth-order valence-corrected chi connectivity index (χ4v) is 4.79. The number of hydrogen-bond acceptors (Lipinski definition) is 7. The lowest BCUT2D eigenvalue weighted by Crippen LogP contribution is -2.25. The zero-order chi connectivity index (χ0) is 22.8. The molecule has 4 heterocycles. The van der Waals surface area contributed by atoms with Gasteiger partial charge >= 0.3 is 0 Å². The number of benzene rings is 1. The second kappa shape index (κ2) is 8.57. The van der Waals surface area contributed by atoms with E-state index >= 15 is 0 Å². The van der Waals surface area contributed by atoms with Crippen LogP contribution in [0, 0.1) is 0 Å². The number of hydrogen-bond donors (Lipinski definition) is 2. The molecule has 3 N–H and O–H groups in total. The van der Waals surface area contributed by atoms with E-state index in [-0.39, 0.29) is 6.54 Å². The molecule has 0 saturated carbocycles. The maximum atomic E-state index is 12.5. The Morgan fingerprint density at radius 3 is 2.58 bits per heavy atom. The minimum atomic E-state index is -3.56. The van der Waals surface area contributed by atoms with Crippen LogP contribution in [0.3, 0.4) is 0 Å². The molecule has 0 atom stereocenters. The number of imidazole rings is 1. The van der Waals surface area contributed by atoms with Crippen molar-refractivity contribution in [1.29, 1.82) is 0 Å². The summed E-state index contributed by atoms with van der Waals surface area (Å²) in [4.78, 5) is 17.7. The molecule has 0 saturated heterocycles. The Hall–Kier alpha value is -3.89. The van der Waals surface area contributed by atoms with Crippen LogP contribution in [0.15, 0.2) is 77.0 Å². The Morgan fingerprint density at radius 1 is 1.03 bits per heavy atom. The summed E-state index contributed by atoms with van der Waals surface area (Å²) in [5.41, 5.74) is 9.90. The second-order valence-corrected chi connectivity index (χ2v) is 9.33. The molecule has 0 fully saturated rings. The van der Waals surface area contributed by atoms with Crippen molar-refractivity contribution in [1.82, 2.24) is 24.2 Å². The predicted molar refractivity (Wildman–Crippen MR) is 128 cm³/mol. The van der Waals surface area contributed by atoms with Gasteiger partial charge in [0, 0.05) is 37.0 Å². The van der Waals surface area contributed by atoms with Crippen LogP contribution in [0.4, 0.5) is 5.82 Å². The molecular weight excluding hydrogens is 438 g/mol. The lowest BCUT2D eigenvalue weighted by molar-refractivity contribution is 0.585. The number of nitrogens with two attached hydrogens (primary N) is 1. The van der Waals surface area contributed by atoms with Gasteiger partial charge in [-0.05, 0) is 54.8 Å². The number of anilines is 1. The normalized spacial score (nSPS) is 13.9. The number of allylic oxidation sites excluding steroid dienone is 1. The van der Waals surface area contributed by atoms with E-state index in [1.165, 1.54) is 6.20 Å². The molecule has 0 amide bonds. The molecule has 0 radical (unpaired) electrons. The van der Waals surface area contributed by atoms with E-state index in [4.69, 9.17) is 10.7 Å². The van der Waals surface area contributed by atoms with Crippen molar-refractivity contribution in [3.63, 3.8) is 0 Å². The zero-order valence-electron chi connectivity index (χ0n) is 17.6. The van der Waals surface area contributed by atoms with Crippen molar-refractivity contribution in [3.05, 3.63) is 77.6 Å². The highest BCUT2D eigenvalue weighted by Gasteiger charge is 2.19. The molecule has 5 rings (SSSR count). The van der Waals surface area contributed by atoms with Crippen LogP contribution in [0.25, 0.3) is 28.2 Å². The van der Waals surface area contributed by atoms with Crippen LogP contribution in [0.2, 0.25) is 0 Å². The van der Waals surface area contributed by atoms with Gasteiger partial charge in [-0.3, -0.25) is 9.56 Å². The summed E-state index contributed by atoms with van der Waals surface area (Å²) >= 11 is 0. The van der Waals surface area contributed by atoms with Crippen molar-refractivity contribution in [3.8, 4) is 17.1 Å². The quantitative estimate of drug-likeness (QED) is 0.456. The van der Waals surface area contributed by atoms with Crippen LogP contribution >= 0.6 is 0 Å². The standard InChI is InChI=1S/C23H21N7O2S/c24-21-19(5-2-12-26-21)22-29-20-6-3-13-27-23(20)30(22)17-9-7-16(8-10-17)14-28-33(31,32)18-4-1-11-25-15-18/h2-3,5-13,15,28H,1,4,14H2,(H2,24,26). The summed E-state index contributed by atoms with van der Waals surface area (Å²) in [5.74, 6) is 1.01. The summed E-state index contributed by atoms with van der Waals surface area (Å²) in [7, 11) is -3.56. The van der Waals surface area contributed by atoms with Crippen molar-refractivity contribution in [2.75, 3.05) is 5.73 Å². The summed E-state index contributed by atoms with van der Waals surface area (Å²) < 4.78 is 29.6. The van der Waals surface area contributed by atoms with Crippen LogP contribution in [0.5, 0.6) is 0 Å². The van der Waals surface area contributed by atoms with Gasteiger partial charge in [-0.15, -0.1) is 0 Å². The van der Waals surface area contributed by atoms with Crippen molar-refractivity contribution < 1.29 is 8.42 Å². The van der Waals surface area contributed by atoms with E-state index in [2.05, 4.69) is 19.7 Å². The van der Waals surface area contributed by atoms with Crippen molar-refractivity contribution in [2.45, 2.75) is 19.4 Å². The number of aliphatic imine (C=N–C) groups is 1. The van der Waals surface area contributed by atoms with Gasteiger partial charge in [0.1, 0.15) is 11.3 Å². The van der Waals surface area contributed by atoms with Gasteiger partial charge in [0.15, 0.2) is 11.5 Å². The van der Waals surface area contributed by atoms with Gasteiger partial charge in [0.2, 0.25) is 10.0 Å². The highest BCUT2D eigenvalue weighted by molar-refractivity contribution is 7.93. The van der Waals surface area contributed by atoms with Crippen LogP contribution < -0.4 is 10.5 Å². The molecule has 33 heavy (non-hydrogen) atoms. The number of aromatic nitrogens is 4.